The fraction of sp³-hybridized carbons (Fsp3) is 0.396. The minimum Gasteiger partial charge on any atom is -0.493 e. The molecule has 0 bridgehead atoms. The largest absolute Gasteiger partial charge is 0.493 e. The van der Waals surface area contributed by atoms with Crippen LogP contribution in [0.4, 0.5) is 28.4 Å². The number of hydrogen-bond acceptors (Lipinski definition) is 15. The van der Waals surface area contributed by atoms with E-state index in [0.29, 0.717) is 81.1 Å². The molecule has 5 aromatic carbocycles. The number of benzene rings is 5. The highest BCUT2D eigenvalue weighted by Gasteiger charge is 2.47. The number of thiol groups is 1. The Balaban J connectivity index is 1.01. The zero-order valence-electron chi connectivity index (χ0n) is 41.0. The molecule has 4 heterocycles. The van der Waals surface area contributed by atoms with Gasteiger partial charge in [-0.25, -0.2) is 0 Å². The highest BCUT2D eigenvalue weighted by Crippen LogP contribution is 2.44. The summed E-state index contributed by atoms with van der Waals surface area (Å²) in [5, 5.41) is 4.95. The van der Waals surface area contributed by atoms with E-state index >= 15 is 0 Å². The number of fused-ring (bicyclic) bond motifs is 8. The van der Waals surface area contributed by atoms with Crippen LogP contribution in [0.5, 0.6) is 23.0 Å². The number of carbonyl (C=O) groups is 2. The van der Waals surface area contributed by atoms with Crippen LogP contribution in [0.15, 0.2) is 91.0 Å². The van der Waals surface area contributed by atoms with E-state index in [0.717, 1.165) is 40.0 Å². The van der Waals surface area contributed by atoms with Crippen LogP contribution in [0.25, 0.3) is 0 Å². The normalized spacial score (nSPS) is 17.8. The van der Waals surface area contributed by atoms with E-state index in [4.69, 9.17) is 45.8 Å². The van der Waals surface area contributed by atoms with Gasteiger partial charge in [0.15, 0.2) is 28.4 Å². The Kier molecular flexibility index (Phi) is 15.1. The third-order valence-electron chi connectivity index (χ3n) is 13.2. The smallest absolute Gasteiger partial charge is 0.288 e. The summed E-state index contributed by atoms with van der Waals surface area (Å²) in [6.07, 6.45) is 0.971. The predicted molar refractivity (Wildman–Crippen MR) is 279 cm³/mol. The molecule has 2 amide bonds. The first kappa shape index (κ1) is 50.7. The third kappa shape index (κ3) is 10.9. The van der Waals surface area contributed by atoms with Gasteiger partial charge in [-0.1, -0.05) is 36.4 Å². The van der Waals surface area contributed by atoms with Crippen molar-refractivity contribution in [2.45, 2.75) is 62.1 Å². The zero-order chi connectivity index (χ0) is 50.7. The van der Waals surface area contributed by atoms with E-state index in [1.54, 1.807) is 32.4 Å². The average molecular weight is 1020 g/mol. The SMILES string of the molecule is COCCOCCOCCN(CC(C)(C)S)c1cc(COc2cc3c(cc2OC)C(=O)N2c4ccccc4CC2CN3)cc(COc2cc3c(cc2OC)C(=O)N2c4ccccc4CC2C(S(=O)(=O)O)N3)c1. The fourth-order valence-corrected chi connectivity index (χ4v) is 11.0. The molecule has 3 N–H and O–H groups in total. The summed E-state index contributed by atoms with van der Waals surface area (Å²) >= 11 is 4.92. The molecule has 72 heavy (non-hydrogen) atoms. The van der Waals surface area contributed by atoms with Gasteiger partial charge in [0, 0.05) is 60.7 Å². The molecule has 0 radical (unpaired) electrons. The average Bonchev–Trinajstić information content (AvgIpc) is 3.86. The second-order valence-corrected chi connectivity index (χ2v) is 21.6. The molecule has 4 aliphatic rings. The summed E-state index contributed by atoms with van der Waals surface area (Å²) in [4.78, 5) is 34.0. The molecule has 0 spiro atoms. The third-order valence-corrected chi connectivity index (χ3v) is 14.4. The molecule has 9 rings (SSSR count). The van der Waals surface area contributed by atoms with Crippen molar-refractivity contribution in [2.24, 2.45) is 0 Å². The van der Waals surface area contributed by atoms with E-state index in [1.807, 2.05) is 73.3 Å². The number of amides is 2. The first-order chi connectivity index (χ1) is 34.6. The number of rotatable bonds is 21. The van der Waals surface area contributed by atoms with Crippen LogP contribution in [-0.2, 0) is 50.4 Å². The number of nitrogens with zero attached hydrogens (tertiary/aromatic N) is 3. The summed E-state index contributed by atoms with van der Waals surface area (Å²) in [6.45, 7) is 8.02. The van der Waals surface area contributed by atoms with Gasteiger partial charge in [0.1, 0.15) is 13.2 Å². The Bertz CT molecular complexity index is 2930. The lowest BCUT2D eigenvalue weighted by Gasteiger charge is -2.32. The monoisotopic (exact) mass is 1020 g/mol. The van der Waals surface area contributed by atoms with Crippen molar-refractivity contribution in [2.75, 3.05) is 99.3 Å². The summed E-state index contributed by atoms with van der Waals surface area (Å²) in [5.74, 6) is 0.758. The number of carbonyl (C=O) groups excluding carboxylic acids is 2. The molecule has 17 nitrogen and oxygen atoms in total. The van der Waals surface area contributed by atoms with Crippen LogP contribution in [0.2, 0.25) is 0 Å². The van der Waals surface area contributed by atoms with Gasteiger partial charge in [-0.15, -0.1) is 0 Å². The Morgan fingerprint density at radius 3 is 1.88 bits per heavy atom. The van der Waals surface area contributed by atoms with E-state index < -0.39 is 32.2 Å². The Hall–Kier alpha value is -6.22. The van der Waals surface area contributed by atoms with Crippen molar-refractivity contribution in [3.8, 4) is 23.0 Å². The van der Waals surface area contributed by atoms with Crippen molar-refractivity contribution in [1.29, 1.82) is 0 Å². The van der Waals surface area contributed by atoms with Gasteiger partial charge in [0.05, 0.1) is 81.8 Å². The molecular formula is C53H61N5O12S2. The van der Waals surface area contributed by atoms with Gasteiger partial charge in [0.2, 0.25) is 0 Å². The summed E-state index contributed by atoms with van der Waals surface area (Å²) in [6, 6.07) is 26.9. The number of hydrogen-bond donors (Lipinski definition) is 4. The van der Waals surface area contributed by atoms with Crippen LogP contribution in [0, 0.1) is 0 Å². The standard InChI is InChI=1S/C53H61N5O12S2/c1-53(2,71)32-56(14-15-67-18-19-68-17-16-64-3)37-21-33(30-69-48-27-41-39(25-46(48)65-4)51(59)57-38(29-54-41)23-35-10-6-8-12-43(35)57)20-34(22-37)31-70-49-28-42-40(26-47(49)66-5)52(60)58-44-13-9-7-11-36(44)24-45(58)50(55-42)72(61,62)63/h6-13,20-22,25-28,38,45,50,54-55,71H,14-19,23-24,29-32H2,1-5H3,(H,61,62,63). The van der Waals surface area contributed by atoms with Crippen molar-refractivity contribution >= 4 is 63.0 Å². The molecule has 3 atom stereocenters. The molecule has 0 fully saturated rings. The fourth-order valence-electron chi connectivity index (χ4n) is 9.93. The molecule has 0 saturated heterocycles. The van der Waals surface area contributed by atoms with Gasteiger partial charge < -0.3 is 58.5 Å². The van der Waals surface area contributed by atoms with Crippen LogP contribution < -0.4 is 44.3 Å². The van der Waals surface area contributed by atoms with Crippen molar-refractivity contribution in [3.63, 3.8) is 0 Å². The number of methoxy groups -OCH3 is 3. The topological polar surface area (TPSA) is 187 Å². The van der Waals surface area contributed by atoms with E-state index in [2.05, 4.69) is 21.6 Å². The van der Waals surface area contributed by atoms with Gasteiger partial charge in [-0.3, -0.25) is 14.1 Å². The molecule has 0 saturated carbocycles. The Morgan fingerprint density at radius 1 is 0.708 bits per heavy atom. The van der Waals surface area contributed by atoms with Crippen LogP contribution in [-0.4, -0.2) is 121 Å². The molecule has 4 aliphatic heterocycles. The molecule has 0 aromatic heterocycles. The van der Waals surface area contributed by atoms with Gasteiger partial charge in [0.25, 0.3) is 21.9 Å². The summed E-state index contributed by atoms with van der Waals surface area (Å²) < 4.78 is 77.6. The maximum Gasteiger partial charge on any atom is 0.288 e. The Labute approximate surface area is 425 Å². The predicted octanol–water partition coefficient (Wildman–Crippen LogP) is 7.26. The summed E-state index contributed by atoms with van der Waals surface area (Å²) in [5.41, 5.74) is 7.25. The lowest BCUT2D eigenvalue weighted by Crippen LogP contribution is -2.49. The molecule has 0 aliphatic carbocycles. The molecular weight excluding hydrogens is 963 g/mol. The lowest BCUT2D eigenvalue weighted by atomic mass is 10.1. The Morgan fingerprint density at radius 2 is 1.26 bits per heavy atom. The van der Waals surface area contributed by atoms with E-state index in [-0.39, 0.29) is 54.3 Å². The summed E-state index contributed by atoms with van der Waals surface area (Å²) in [7, 11) is -0.0798. The van der Waals surface area contributed by atoms with Crippen LogP contribution in [0.3, 0.4) is 0 Å². The highest BCUT2D eigenvalue weighted by atomic mass is 32.2. The minimum atomic E-state index is -4.72. The molecule has 382 valence electrons. The van der Waals surface area contributed by atoms with E-state index in [1.165, 1.54) is 24.1 Å². The maximum absolute atomic E-state index is 14.3. The molecule has 3 unspecified atom stereocenters. The number of ether oxygens (including phenoxy) is 7. The quantitative estimate of drug-likeness (QED) is 0.0327. The van der Waals surface area contributed by atoms with Crippen LogP contribution >= 0.6 is 12.6 Å². The zero-order valence-corrected chi connectivity index (χ0v) is 42.7. The molecule has 19 heteroatoms. The first-order valence-electron chi connectivity index (χ1n) is 23.9. The second kappa shape index (κ2) is 21.5. The minimum absolute atomic E-state index is 0.0101. The lowest BCUT2D eigenvalue weighted by molar-refractivity contribution is 0.0264. The van der Waals surface area contributed by atoms with Crippen molar-refractivity contribution in [1.82, 2.24) is 0 Å². The first-order valence-corrected chi connectivity index (χ1v) is 25.8. The van der Waals surface area contributed by atoms with Crippen molar-refractivity contribution < 1.29 is 55.7 Å². The number of nitrogens with one attached hydrogen (secondary N) is 2. The van der Waals surface area contributed by atoms with E-state index in [9.17, 15) is 22.6 Å². The second-order valence-electron chi connectivity index (χ2n) is 18.8. The number of anilines is 5. The van der Waals surface area contributed by atoms with Gasteiger partial charge in [-0.05, 0) is 91.4 Å². The highest BCUT2D eigenvalue weighted by molar-refractivity contribution is 7.86. The molecule has 5 aromatic rings. The van der Waals surface area contributed by atoms with Gasteiger partial charge >= 0.3 is 0 Å². The van der Waals surface area contributed by atoms with Gasteiger partial charge in [-0.2, -0.15) is 21.0 Å². The number of para-hydroxylation sites is 2. The van der Waals surface area contributed by atoms with Crippen molar-refractivity contribution in [3.05, 3.63) is 124 Å². The van der Waals surface area contributed by atoms with Crippen LogP contribution in [0.1, 0.15) is 56.8 Å². The maximum atomic E-state index is 14.3.